The highest BCUT2D eigenvalue weighted by Crippen LogP contribution is 2.42. The molecule has 0 spiro atoms. The Morgan fingerprint density at radius 1 is 0.910 bits per heavy atom. The number of esters is 2. The van der Waals surface area contributed by atoms with Gasteiger partial charge >= 0.3 is 24.2 Å². The van der Waals surface area contributed by atoms with Crippen LogP contribution >= 0.6 is 0 Å². The van der Waals surface area contributed by atoms with Crippen LogP contribution in [0.5, 0.6) is 0 Å². The van der Waals surface area contributed by atoms with Gasteiger partial charge in [0.05, 0.1) is 42.0 Å². The van der Waals surface area contributed by atoms with Crippen LogP contribution in [-0.4, -0.2) is 164 Å². The van der Waals surface area contributed by atoms with E-state index in [1.54, 1.807) is 34.6 Å². The molecule has 4 heterocycles. The highest BCUT2D eigenvalue weighted by molar-refractivity contribution is 5.73. The van der Waals surface area contributed by atoms with Crippen LogP contribution < -0.4 is 0 Å². The van der Waals surface area contributed by atoms with E-state index in [-0.39, 0.29) is 43.9 Å². The van der Waals surface area contributed by atoms with Gasteiger partial charge in [-0.15, -0.1) is 0 Å². The molecule has 0 aliphatic carbocycles. The lowest BCUT2D eigenvalue weighted by atomic mass is 9.77. The van der Waals surface area contributed by atoms with Gasteiger partial charge < -0.3 is 62.1 Å². The van der Waals surface area contributed by atoms with Crippen molar-refractivity contribution < 1.29 is 76.4 Å². The molecule has 0 saturated carbocycles. The van der Waals surface area contributed by atoms with Crippen LogP contribution in [0.25, 0.3) is 0 Å². The number of nitrogens with zero attached hydrogens (tertiary/aromatic N) is 2. The number of methoxy groups -OCH3 is 1. The summed E-state index contributed by atoms with van der Waals surface area (Å²) in [6.45, 7) is 19.8. The maximum Gasteiger partial charge on any atom is 0.509 e. The van der Waals surface area contributed by atoms with Gasteiger partial charge in [0.2, 0.25) is 0 Å². The topological polar surface area (TPSA) is 197 Å². The van der Waals surface area contributed by atoms with E-state index in [1.165, 1.54) is 14.0 Å². The number of cyclic esters (lactones) is 1. The Labute approximate surface area is 396 Å². The summed E-state index contributed by atoms with van der Waals surface area (Å²) in [7, 11) is 7.18. The van der Waals surface area contributed by atoms with Gasteiger partial charge in [-0.2, -0.15) is 0 Å². The van der Waals surface area contributed by atoms with Crippen molar-refractivity contribution in [1.82, 2.24) is 9.80 Å². The number of carbonyl (C=O) groups excluding carboxylic acids is 4. The Morgan fingerprint density at radius 2 is 1.58 bits per heavy atom. The molecule has 18 heteroatoms. The number of hydrogen-bond acceptors (Lipinski definition) is 18. The van der Waals surface area contributed by atoms with E-state index in [1.807, 2.05) is 95.9 Å². The second-order valence-corrected chi connectivity index (χ2v) is 20.3. The van der Waals surface area contributed by atoms with Gasteiger partial charge in [-0.25, -0.2) is 9.59 Å². The first-order chi connectivity index (χ1) is 31.3. The third kappa shape index (κ3) is 12.8. The number of likely N-dealkylation sites (N-methyl/N-ethyl adjacent to an activating group) is 2. The van der Waals surface area contributed by atoms with Crippen LogP contribution in [0.1, 0.15) is 107 Å². The maximum atomic E-state index is 14.8. The summed E-state index contributed by atoms with van der Waals surface area (Å²) in [6.07, 6.45) is -9.85. The van der Waals surface area contributed by atoms with Crippen molar-refractivity contribution in [2.75, 3.05) is 34.8 Å². The van der Waals surface area contributed by atoms with E-state index in [4.69, 9.17) is 52.1 Å². The predicted molar refractivity (Wildman–Crippen MR) is 242 cm³/mol. The molecule has 4 aliphatic heterocycles. The molecular formula is C49H78N2O16. The van der Waals surface area contributed by atoms with Crippen molar-refractivity contribution in [1.29, 1.82) is 0 Å². The van der Waals surface area contributed by atoms with Gasteiger partial charge in [-0.05, 0) is 100 Å². The summed E-state index contributed by atoms with van der Waals surface area (Å²) < 4.78 is 68.2. The van der Waals surface area contributed by atoms with E-state index >= 15 is 0 Å². The van der Waals surface area contributed by atoms with Crippen molar-refractivity contribution in [2.24, 2.45) is 17.8 Å². The van der Waals surface area contributed by atoms with Crippen molar-refractivity contribution in [3.63, 3.8) is 0 Å². The standard InChI is InChI=1S/C49H78N2O16/c1-16-36-49(11)41(65-46(55)67-49)31(6)51(14)25-27(2)23-47(9,56)40(64-44-39(61-33(8)52)35(50(12)13)22-28(3)59-44)29(4)38(30(5)43(53)62-36)63-37-24-48(10,57-15)42(32(7)60-37)66-45(54)58-26-34-20-18-17-19-21-34/h17-21,27-32,35-42,44,56H,16,22-26H2,1-15H3/t27-,28-,29+,30-,31+,32+,35+,36+,37+,38+,39-,40+,41-,42+,44+,47-,48-,49-/m1/s1. The Morgan fingerprint density at radius 3 is 2.19 bits per heavy atom. The first kappa shape index (κ1) is 54.3. The number of aliphatic hydroxyl groups is 1. The first-order valence-electron chi connectivity index (χ1n) is 23.7. The fraction of sp³-hybridized carbons (Fsp3) is 0.796. The Kier molecular flexibility index (Phi) is 18.2. The van der Waals surface area contributed by atoms with E-state index in [9.17, 15) is 24.3 Å². The lowest BCUT2D eigenvalue weighted by Gasteiger charge is -2.49. The molecule has 18 atom stereocenters. The summed E-state index contributed by atoms with van der Waals surface area (Å²) in [5.41, 5.74) is -3.39. The lowest BCUT2D eigenvalue weighted by molar-refractivity contribution is -0.319. The van der Waals surface area contributed by atoms with Crippen LogP contribution in [0.3, 0.4) is 0 Å². The second-order valence-electron chi connectivity index (χ2n) is 20.3. The maximum absolute atomic E-state index is 14.8. The summed E-state index contributed by atoms with van der Waals surface area (Å²) in [4.78, 5) is 57.4. The Balaban J connectivity index is 1.56. The van der Waals surface area contributed by atoms with Crippen LogP contribution in [0.2, 0.25) is 0 Å². The van der Waals surface area contributed by atoms with Crippen molar-refractivity contribution in [3.8, 4) is 0 Å². The lowest BCUT2D eigenvalue weighted by Crippen LogP contribution is -2.61. The minimum Gasteiger partial charge on any atom is -0.458 e. The average Bonchev–Trinajstić information content (AvgIpc) is 3.57. The molecule has 1 aromatic carbocycles. The predicted octanol–water partition coefficient (Wildman–Crippen LogP) is 6.01. The van der Waals surface area contributed by atoms with E-state index in [0.717, 1.165) is 5.56 Å². The SMILES string of the molecule is CC[C@@H]1OC(=O)[C@H](C)[C@@H](O[C@H]2C[C@@](C)(OC)[C@@H](OC(=O)OCc3ccccc3)[C@H](C)O2)[C@H](C)[C@H](O[C@@H]2O[C@H](C)C[C@H](N(C)C)[C@H]2OC(C)=O)[C@](C)(O)C[C@@H](C)CN(C)[C@@H](C)[C@H]2OC(=O)O[C@]12C. The molecule has 0 bridgehead atoms. The molecule has 4 saturated heterocycles. The van der Waals surface area contributed by atoms with Gasteiger partial charge in [0.25, 0.3) is 0 Å². The summed E-state index contributed by atoms with van der Waals surface area (Å²) in [5, 5.41) is 12.9. The van der Waals surface area contributed by atoms with E-state index in [0.29, 0.717) is 13.0 Å². The molecule has 380 valence electrons. The van der Waals surface area contributed by atoms with Crippen LogP contribution in [-0.2, 0) is 68.3 Å². The Bertz CT molecular complexity index is 1820. The number of carbonyl (C=O) groups is 4. The minimum absolute atomic E-state index is 0.00251. The summed E-state index contributed by atoms with van der Waals surface area (Å²) in [6, 6.07) is 8.52. The zero-order valence-electron chi connectivity index (χ0n) is 42.3. The molecule has 0 amide bonds. The number of ether oxygens (including phenoxy) is 11. The molecule has 0 aromatic heterocycles. The number of benzene rings is 1. The molecule has 67 heavy (non-hydrogen) atoms. The molecule has 1 N–H and O–H groups in total. The normalized spacial score (nSPS) is 41.4. The van der Waals surface area contributed by atoms with Crippen molar-refractivity contribution in [2.45, 2.75) is 199 Å². The number of hydrogen-bond donors (Lipinski definition) is 1. The van der Waals surface area contributed by atoms with Crippen molar-refractivity contribution in [3.05, 3.63) is 35.9 Å². The van der Waals surface area contributed by atoms with Gasteiger partial charge in [-0.3, -0.25) is 14.5 Å². The molecule has 4 aliphatic rings. The van der Waals surface area contributed by atoms with E-state index in [2.05, 4.69) is 0 Å². The summed E-state index contributed by atoms with van der Waals surface area (Å²) in [5.74, 6) is -3.30. The monoisotopic (exact) mass is 951 g/mol. The molecule has 0 radical (unpaired) electrons. The van der Waals surface area contributed by atoms with Gasteiger partial charge in [-0.1, -0.05) is 51.1 Å². The zero-order chi connectivity index (χ0) is 49.8. The van der Waals surface area contributed by atoms with Gasteiger partial charge in [0.1, 0.15) is 18.3 Å². The highest BCUT2D eigenvalue weighted by atomic mass is 16.8. The smallest absolute Gasteiger partial charge is 0.458 e. The third-order valence-electron chi connectivity index (χ3n) is 14.3. The third-order valence-corrected chi connectivity index (χ3v) is 14.3. The fourth-order valence-corrected chi connectivity index (χ4v) is 10.7. The number of fused-ring (bicyclic) bond motifs is 1. The average molecular weight is 951 g/mol. The van der Waals surface area contributed by atoms with Crippen molar-refractivity contribution >= 4 is 24.2 Å². The van der Waals surface area contributed by atoms with Crippen LogP contribution in [0, 0.1) is 17.8 Å². The van der Waals surface area contributed by atoms with E-state index < -0.39 is 114 Å². The van der Waals surface area contributed by atoms with Crippen LogP contribution in [0.4, 0.5) is 9.59 Å². The first-order valence-corrected chi connectivity index (χ1v) is 23.7. The quantitative estimate of drug-likeness (QED) is 0.200. The fourth-order valence-electron chi connectivity index (χ4n) is 10.7. The molecule has 5 rings (SSSR count). The number of rotatable bonds is 11. The highest BCUT2D eigenvalue weighted by Gasteiger charge is 2.59. The van der Waals surface area contributed by atoms with Gasteiger partial charge in [0, 0.05) is 39.0 Å². The molecule has 4 fully saturated rings. The molecule has 18 nitrogen and oxygen atoms in total. The minimum atomic E-state index is -1.64. The Hall–Kier alpha value is -3.62. The zero-order valence-corrected chi connectivity index (χ0v) is 42.3. The van der Waals surface area contributed by atoms with Crippen LogP contribution in [0.15, 0.2) is 30.3 Å². The molecule has 0 unspecified atom stereocenters. The second kappa shape index (κ2) is 22.4. The summed E-state index contributed by atoms with van der Waals surface area (Å²) >= 11 is 0. The molecule has 1 aromatic rings. The molecular weight excluding hydrogens is 873 g/mol. The van der Waals surface area contributed by atoms with Gasteiger partial charge in [0.15, 0.2) is 36.5 Å². The largest absolute Gasteiger partial charge is 0.509 e.